The van der Waals surface area contributed by atoms with E-state index in [1.165, 1.54) is 0 Å². The molecule has 0 spiro atoms. The molecule has 0 saturated carbocycles. The highest BCUT2D eigenvalue weighted by atomic mass is 79.9. The van der Waals surface area contributed by atoms with Crippen LogP contribution in [-0.4, -0.2) is 43.3 Å². The number of carbonyl (C=O) groups excluding carboxylic acids is 1. The van der Waals surface area contributed by atoms with Crippen LogP contribution in [0.1, 0.15) is 17.7 Å². The van der Waals surface area contributed by atoms with E-state index in [0.717, 1.165) is 15.7 Å². The second kappa shape index (κ2) is 7.94. The van der Waals surface area contributed by atoms with Gasteiger partial charge in [-0.3, -0.25) is 9.69 Å². The topological polar surface area (TPSA) is 79.6 Å². The fourth-order valence-corrected chi connectivity index (χ4v) is 5.36. The van der Waals surface area contributed by atoms with E-state index in [2.05, 4.69) is 21.2 Å². The first-order valence-corrected chi connectivity index (χ1v) is 11.0. The van der Waals surface area contributed by atoms with E-state index in [9.17, 15) is 13.2 Å². The van der Waals surface area contributed by atoms with Crippen LogP contribution in [0.5, 0.6) is 0 Å². The molecule has 1 unspecified atom stereocenters. The van der Waals surface area contributed by atoms with E-state index in [1.807, 2.05) is 36.1 Å². The SMILES string of the molecule is Cc1cc(Br)ccc1NC(=O)CN(Cc1ccco1)C1CCS(=O)(=O)C1. The summed E-state index contributed by atoms with van der Waals surface area (Å²) in [4.78, 5) is 14.4. The summed E-state index contributed by atoms with van der Waals surface area (Å²) in [6.45, 7) is 2.43. The molecule has 1 atom stereocenters. The third kappa shape index (κ3) is 4.96. The van der Waals surface area contributed by atoms with E-state index in [4.69, 9.17) is 4.42 Å². The van der Waals surface area contributed by atoms with E-state index in [0.29, 0.717) is 18.7 Å². The number of sulfone groups is 1. The Balaban J connectivity index is 1.71. The van der Waals surface area contributed by atoms with E-state index >= 15 is 0 Å². The maximum absolute atomic E-state index is 12.6. The largest absolute Gasteiger partial charge is 0.468 e. The van der Waals surface area contributed by atoms with Crippen molar-refractivity contribution in [2.24, 2.45) is 0 Å². The standard InChI is InChI=1S/C18H21BrN2O4S/c1-13-9-14(19)4-5-17(13)20-18(22)11-21(10-16-3-2-7-25-16)15-6-8-26(23,24)12-15/h2-5,7,9,15H,6,8,10-12H2,1H3,(H,20,22). The first-order valence-electron chi connectivity index (χ1n) is 8.35. The number of nitrogens with one attached hydrogen (secondary N) is 1. The van der Waals surface area contributed by atoms with Gasteiger partial charge in [-0.1, -0.05) is 15.9 Å². The number of hydrogen-bond donors (Lipinski definition) is 1. The number of aryl methyl sites for hydroxylation is 1. The van der Waals surface area contributed by atoms with Gasteiger partial charge in [0.15, 0.2) is 9.84 Å². The molecule has 0 radical (unpaired) electrons. The first kappa shape index (κ1) is 19.1. The molecule has 1 aliphatic rings. The summed E-state index contributed by atoms with van der Waals surface area (Å²) in [6.07, 6.45) is 2.11. The van der Waals surface area contributed by atoms with Crippen LogP contribution in [0.15, 0.2) is 45.5 Å². The van der Waals surface area contributed by atoms with Crippen molar-refractivity contribution in [1.82, 2.24) is 4.90 Å². The Morgan fingerprint density at radius 3 is 2.81 bits per heavy atom. The minimum Gasteiger partial charge on any atom is -0.468 e. The number of carbonyl (C=O) groups is 1. The molecule has 1 N–H and O–H groups in total. The van der Waals surface area contributed by atoms with Crippen LogP contribution in [0.3, 0.4) is 0 Å². The Bertz CT molecular complexity index is 881. The maximum atomic E-state index is 12.6. The minimum atomic E-state index is -3.03. The second-order valence-electron chi connectivity index (χ2n) is 6.55. The lowest BCUT2D eigenvalue weighted by atomic mass is 10.2. The Labute approximate surface area is 161 Å². The van der Waals surface area contributed by atoms with Crippen molar-refractivity contribution in [2.75, 3.05) is 23.4 Å². The Morgan fingerprint density at radius 1 is 1.38 bits per heavy atom. The number of nitrogens with zero attached hydrogens (tertiary/aromatic N) is 1. The van der Waals surface area contributed by atoms with Gasteiger partial charge in [0.05, 0.1) is 30.9 Å². The molecule has 140 valence electrons. The number of rotatable bonds is 6. The van der Waals surface area contributed by atoms with Crippen LogP contribution < -0.4 is 5.32 Å². The van der Waals surface area contributed by atoms with Gasteiger partial charge in [-0.25, -0.2) is 8.42 Å². The predicted molar refractivity (Wildman–Crippen MR) is 104 cm³/mol. The number of halogens is 1. The number of anilines is 1. The van der Waals surface area contributed by atoms with Gasteiger partial charge < -0.3 is 9.73 Å². The normalized spacial score (nSPS) is 19.0. The predicted octanol–water partition coefficient (Wildman–Crippen LogP) is 2.98. The second-order valence-corrected chi connectivity index (χ2v) is 9.69. The van der Waals surface area contributed by atoms with Gasteiger partial charge in [0, 0.05) is 16.2 Å². The average molecular weight is 441 g/mol. The third-order valence-electron chi connectivity index (χ3n) is 4.47. The van der Waals surface area contributed by atoms with Crippen molar-refractivity contribution < 1.29 is 17.6 Å². The van der Waals surface area contributed by atoms with Gasteiger partial charge in [0.1, 0.15) is 5.76 Å². The number of amides is 1. The van der Waals surface area contributed by atoms with Gasteiger partial charge in [0.25, 0.3) is 0 Å². The summed E-state index contributed by atoms with van der Waals surface area (Å²) >= 11 is 3.40. The summed E-state index contributed by atoms with van der Waals surface area (Å²) in [5.74, 6) is 0.783. The van der Waals surface area contributed by atoms with Crippen LogP contribution in [0.4, 0.5) is 5.69 Å². The van der Waals surface area contributed by atoms with Crippen molar-refractivity contribution in [3.05, 3.63) is 52.4 Å². The highest BCUT2D eigenvalue weighted by molar-refractivity contribution is 9.10. The fourth-order valence-electron chi connectivity index (χ4n) is 3.12. The van der Waals surface area contributed by atoms with Gasteiger partial charge >= 0.3 is 0 Å². The third-order valence-corrected chi connectivity index (χ3v) is 6.72. The van der Waals surface area contributed by atoms with Crippen LogP contribution in [0.2, 0.25) is 0 Å². The summed E-state index contributed by atoms with van der Waals surface area (Å²) in [7, 11) is -3.03. The highest BCUT2D eigenvalue weighted by Crippen LogP contribution is 2.22. The molecular weight excluding hydrogens is 420 g/mol. The van der Waals surface area contributed by atoms with E-state index in [-0.39, 0.29) is 30.0 Å². The molecule has 0 bridgehead atoms. The zero-order valence-corrected chi connectivity index (χ0v) is 16.8. The molecule has 2 aromatic rings. The average Bonchev–Trinajstić information content (AvgIpc) is 3.19. The monoisotopic (exact) mass is 440 g/mol. The quantitative estimate of drug-likeness (QED) is 0.746. The Morgan fingerprint density at radius 2 is 2.19 bits per heavy atom. The molecule has 1 saturated heterocycles. The van der Waals surface area contributed by atoms with E-state index in [1.54, 1.807) is 12.3 Å². The van der Waals surface area contributed by atoms with Crippen LogP contribution in [0, 0.1) is 6.92 Å². The first-order chi connectivity index (χ1) is 12.3. The summed E-state index contributed by atoms with van der Waals surface area (Å²) in [5, 5.41) is 2.91. The number of benzene rings is 1. The highest BCUT2D eigenvalue weighted by Gasteiger charge is 2.33. The molecule has 26 heavy (non-hydrogen) atoms. The van der Waals surface area contributed by atoms with Gasteiger partial charge in [-0.2, -0.15) is 0 Å². The van der Waals surface area contributed by atoms with Crippen molar-refractivity contribution in [3.8, 4) is 0 Å². The maximum Gasteiger partial charge on any atom is 0.238 e. The van der Waals surface area contributed by atoms with Crippen molar-refractivity contribution in [3.63, 3.8) is 0 Å². The smallest absolute Gasteiger partial charge is 0.238 e. The minimum absolute atomic E-state index is 0.0816. The lowest BCUT2D eigenvalue weighted by molar-refractivity contribution is -0.118. The molecule has 1 aliphatic heterocycles. The number of hydrogen-bond acceptors (Lipinski definition) is 5. The van der Waals surface area contributed by atoms with Crippen molar-refractivity contribution >= 4 is 37.4 Å². The van der Waals surface area contributed by atoms with Gasteiger partial charge in [-0.05, 0) is 49.2 Å². The van der Waals surface area contributed by atoms with Crippen LogP contribution in [0.25, 0.3) is 0 Å². The lowest BCUT2D eigenvalue weighted by Gasteiger charge is -2.26. The van der Waals surface area contributed by atoms with Crippen molar-refractivity contribution in [2.45, 2.75) is 25.9 Å². The van der Waals surface area contributed by atoms with Crippen LogP contribution >= 0.6 is 15.9 Å². The molecule has 8 heteroatoms. The molecule has 2 heterocycles. The van der Waals surface area contributed by atoms with Gasteiger partial charge in [-0.15, -0.1) is 0 Å². The molecule has 1 aromatic carbocycles. The molecule has 0 aliphatic carbocycles. The Kier molecular flexibility index (Phi) is 5.84. The van der Waals surface area contributed by atoms with Gasteiger partial charge in [0.2, 0.25) is 5.91 Å². The Hall–Kier alpha value is -1.64. The zero-order chi connectivity index (χ0) is 18.7. The molecule has 1 amide bonds. The van der Waals surface area contributed by atoms with Crippen LogP contribution in [-0.2, 0) is 21.2 Å². The number of furan rings is 1. The lowest BCUT2D eigenvalue weighted by Crippen LogP contribution is -2.41. The van der Waals surface area contributed by atoms with E-state index < -0.39 is 9.84 Å². The molecular formula is C18H21BrN2O4S. The summed E-state index contributed by atoms with van der Waals surface area (Å²) in [5.41, 5.74) is 1.70. The molecule has 1 fully saturated rings. The summed E-state index contributed by atoms with van der Waals surface area (Å²) < 4.78 is 30.0. The zero-order valence-electron chi connectivity index (χ0n) is 14.4. The summed E-state index contributed by atoms with van der Waals surface area (Å²) in [6, 6.07) is 9.07. The molecule has 6 nitrogen and oxygen atoms in total. The fraction of sp³-hybridized carbons (Fsp3) is 0.389. The van der Waals surface area contributed by atoms with Crippen molar-refractivity contribution in [1.29, 1.82) is 0 Å². The molecule has 3 rings (SSSR count). The molecule has 1 aromatic heterocycles.